The molecule has 0 radical (unpaired) electrons. The van der Waals surface area contributed by atoms with Crippen molar-refractivity contribution in [3.63, 3.8) is 0 Å². The van der Waals surface area contributed by atoms with E-state index in [-0.39, 0.29) is 11.9 Å². The van der Waals surface area contributed by atoms with Gasteiger partial charge in [0.2, 0.25) is 23.4 Å². The SMILES string of the molecule is COc1cc(-c2nnc(C3CCC(=O)N3Cc3ccccc3)o2)cc(OC)c1OC. The van der Waals surface area contributed by atoms with Crippen molar-refractivity contribution in [2.24, 2.45) is 0 Å². The molecule has 0 bridgehead atoms. The van der Waals surface area contributed by atoms with Crippen LogP contribution >= 0.6 is 0 Å². The molecule has 1 amide bonds. The lowest BCUT2D eigenvalue weighted by atomic mass is 10.1. The molecule has 1 unspecified atom stereocenters. The monoisotopic (exact) mass is 409 g/mol. The van der Waals surface area contributed by atoms with Crippen LogP contribution in [0.1, 0.15) is 30.3 Å². The number of ether oxygens (including phenoxy) is 3. The summed E-state index contributed by atoms with van der Waals surface area (Å²) in [5.74, 6) is 2.29. The zero-order chi connectivity index (χ0) is 21.1. The van der Waals surface area contributed by atoms with E-state index in [0.29, 0.717) is 54.0 Å². The first-order valence-corrected chi connectivity index (χ1v) is 9.61. The second-order valence-electron chi connectivity index (χ2n) is 6.92. The van der Waals surface area contributed by atoms with Crippen LogP contribution in [0, 0.1) is 0 Å². The molecule has 8 heteroatoms. The molecule has 4 rings (SSSR count). The lowest BCUT2D eigenvalue weighted by molar-refractivity contribution is -0.129. The smallest absolute Gasteiger partial charge is 0.248 e. The van der Waals surface area contributed by atoms with Crippen LogP contribution in [0.5, 0.6) is 17.2 Å². The highest BCUT2D eigenvalue weighted by atomic mass is 16.5. The van der Waals surface area contributed by atoms with Crippen LogP contribution in [0.2, 0.25) is 0 Å². The fraction of sp³-hybridized carbons (Fsp3) is 0.318. The highest BCUT2D eigenvalue weighted by Gasteiger charge is 2.36. The summed E-state index contributed by atoms with van der Waals surface area (Å²) in [7, 11) is 4.64. The first-order chi connectivity index (χ1) is 14.6. The van der Waals surface area contributed by atoms with E-state index in [1.165, 1.54) is 0 Å². The molecule has 1 saturated heterocycles. The number of carbonyl (C=O) groups is 1. The normalized spacial score (nSPS) is 16.0. The van der Waals surface area contributed by atoms with Gasteiger partial charge < -0.3 is 23.5 Å². The number of hydrogen-bond acceptors (Lipinski definition) is 7. The number of methoxy groups -OCH3 is 3. The van der Waals surface area contributed by atoms with Crippen molar-refractivity contribution in [1.82, 2.24) is 15.1 Å². The van der Waals surface area contributed by atoms with Crippen molar-refractivity contribution in [2.45, 2.75) is 25.4 Å². The first-order valence-electron chi connectivity index (χ1n) is 9.61. The molecule has 0 aliphatic carbocycles. The molecular weight excluding hydrogens is 386 g/mol. The molecule has 1 aliphatic heterocycles. The number of likely N-dealkylation sites (tertiary alicyclic amines) is 1. The molecule has 0 N–H and O–H groups in total. The molecule has 1 aromatic heterocycles. The van der Waals surface area contributed by atoms with Crippen LogP contribution in [-0.4, -0.2) is 42.3 Å². The molecule has 2 heterocycles. The van der Waals surface area contributed by atoms with Gasteiger partial charge in [0.1, 0.15) is 6.04 Å². The van der Waals surface area contributed by atoms with Crippen LogP contribution in [0.25, 0.3) is 11.5 Å². The summed E-state index contributed by atoms with van der Waals surface area (Å²) in [5.41, 5.74) is 1.70. The van der Waals surface area contributed by atoms with E-state index in [0.717, 1.165) is 5.56 Å². The molecule has 8 nitrogen and oxygen atoms in total. The van der Waals surface area contributed by atoms with Crippen molar-refractivity contribution in [3.8, 4) is 28.7 Å². The second-order valence-corrected chi connectivity index (χ2v) is 6.92. The lowest BCUT2D eigenvalue weighted by Gasteiger charge is -2.22. The quantitative estimate of drug-likeness (QED) is 0.589. The maximum absolute atomic E-state index is 12.5. The molecule has 1 aliphatic rings. The van der Waals surface area contributed by atoms with E-state index in [9.17, 15) is 4.79 Å². The number of hydrogen-bond donors (Lipinski definition) is 0. The third kappa shape index (κ3) is 3.68. The Balaban J connectivity index is 1.63. The summed E-state index contributed by atoms with van der Waals surface area (Å²) >= 11 is 0. The van der Waals surface area contributed by atoms with E-state index in [1.807, 2.05) is 30.3 Å². The molecule has 1 atom stereocenters. The van der Waals surface area contributed by atoms with Gasteiger partial charge in [0.25, 0.3) is 0 Å². The number of benzene rings is 2. The number of nitrogens with zero attached hydrogens (tertiary/aromatic N) is 3. The molecule has 0 spiro atoms. The van der Waals surface area contributed by atoms with Gasteiger partial charge in [-0.25, -0.2) is 0 Å². The van der Waals surface area contributed by atoms with Crippen molar-refractivity contribution < 1.29 is 23.4 Å². The summed E-state index contributed by atoms with van der Waals surface area (Å²) in [6.45, 7) is 0.506. The Morgan fingerprint density at radius 2 is 1.73 bits per heavy atom. The minimum Gasteiger partial charge on any atom is -0.493 e. The van der Waals surface area contributed by atoms with E-state index in [1.54, 1.807) is 38.4 Å². The summed E-state index contributed by atoms with van der Waals surface area (Å²) < 4.78 is 22.1. The van der Waals surface area contributed by atoms with Gasteiger partial charge in [-0.1, -0.05) is 30.3 Å². The number of rotatable bonds is 7. The zero-order valence-electron chi connectivity index (χ0n) is 17.1. The third-order valence-corrected chi connectivity index (χ3v) is 5.16. The molecule has 2 aromatic carbocycles. The van der Waals surface area contributed by atoms with Crippen LogP contribution in [-0.2, 0) is 11.3 Å². The Labute approximate surface area is 174 Å². The summed E-state index contributed by atoms with van der Waals surface area (Å²) in [5, 5.41) is 8.43. The molecule has 30 heavy (non-hydrogen) atoms. The molecule has 156 valence electrons. The van der Waals surface area contributed by atoms with Crippen LogP contribution in [0.15, 0.2) is 46.9 Å². The standard InChI is InChI=1S/C22H23N3O5/c1-27-17-11-15(12-18(28-2)20(17)29-3)21-23-24-22(30-21)16-9-10-19(26)25(16)13-14-7-5-4-6-8-14/h4-8,11-12,16H,9-10,13H2,1-3H3. The van der Waals surface area contributed by atoms with E-state index in [2.05, 4.69) is 10.2 Å². The number of aromatic nitrogens is 2. The van der Waals surface area contributed by atoms with Crippen LogP contribution < -0.4 is 14.2 Å². The molecule has 0 saturated carbocycles. The second kappa shape index (κ2) is 8.44. The topological polar surface area (TPSA) is 86.9 Å². The summed E-state index contributed by atoms with van der Waals surface area (Å²) in [6.07, 6.45) is 1.10. The van der Waals surface area contributed by atoms with E-state index < -0.39 is 0 Å². The largest absolute Gasteiger partial charge is 0.493 e. The van der Waals surface area contributed by atoms with Crippen LogP contribution in [0.3, 0.4) is 0 Å². The van der Waals surface area contributed by atoms with Crippen molar-refractivity contribution in [3.05, 3.63) is 53.9 Å². The zero-order valence-corrected chi connectivity index (χ0v) is 17.1. The Bertz CT molecular complexity index is 1010. The lowest BCUT2D eigenvalue weighted by Crippen LogP contribution is -2.27. The highest BCUT2D eigenvalue weighted by molar-refractivity contribution is 5.78. The average Bonchev–Trinajstić information content (AvgIpc) is 3.40. The Hall–Kier alpha value is -3.55. The summed E-state index contributed by atoms with van der Waals surface area (Å²) in [4.78, 5) is 14.3. The molecule has 3 aromatic rings. The van der Waals surface area contributed by atoms with Gasteiger partial charge in [0.15, 0.2) is 11.5 Å². The van der Waals surface area contributed by atoms with Gasteiger partial charge >= 0.3 is 0 Å². The minimum absolute atomic E-state index is 0.0800. The maximum Gasteiger partial charge on any atom is 0.248 e. The van der Waals surface area contributed by atoms with Gasteiger partial charge in [-0.15, -0.1) is 10.2 Å². The van der Waals surface area contributed by atoms with Gasteiger partial charge in [0.05, 0.1) is 21.3 Å². The van der Waals surface area contributed by atoms with E-state index in [4.69, 9.17) is 18.6 Å². The van der Waals surface area contributed by atoms with Crippen molar-refractivity contribution >= 4 is 5.91 Å². The Morgan fingerprint density at radius 3 is 2.37 bits per heavy atom. The van der Waals surface area contributed by atoms with E-state index >= 15 is 0 Å². The first kappa shape index (κ1) is 19.8. The maximum atomic E-state index is 12.5. The molecular formula is C22H23N3O5. The third-order valence-electron chi connectivity index (χ3n) is 5.16. The van der Waals surface area contributed by atoms with Crippen molar-refractivity contribution in [2.75, 3.05) is 21.3 Å². The predicted molar refractivity (Wildman–Crippen MR) is 108 cm³/mol. The Morgan fingerprint density at radius 1 is 1.03 bits per heavy atom. The predicted octanol–water partition coefficient (Wildman–Crippen LogP) is 3.63. The highest BCUT2D eigenvalue weighted by Crippen LogP contribution is 2.41. The summed E-state index contributed by atoms with van der Waals surface area (Å²) in [6, 6.07) is 13.1. The van der Waals surface area contributed by atoms with Crippen LogP contribution in [0.4, 0.5) is 0 Å². The van der Waals surface area contributed by atoms with Gasteiger partial charge in [0, 0.05) is 18.5 Å². The minimum atomic E-state index is -0.249. The van der Waals surface area contributed by atoms with Crippen molar-refractivity contribution in [1.29, 1.82) is 0 Å². The van der Waals surface area contributed by atoms with Gasteiger partial charge in [-0.2, -0.15) is 0 Å². The number of carbonyl (C=O) groups excluding carboxylic acids is 1. The fourth-order valence-electron chi connectivity index (χ4n) is 3.66. The van der Waals surface area contributed by atoms with Gasteiger partial charge in [-0.05, 0) is 24.1 Å². The fourth-order valence-corrected chi connectivity index (χ4v) is 3.66. The van der Waals surface area contributed by atoms with Gasteiger partial charge in [-0.3, -0.25) is 4.79 Å². The Kier molecular flexibility index (Phi) is 5.56. The average molecular weight is 409 g/mol. The molecule has 1 fully saturated rings. The number of amides is 1.